The summed E-state index contributed by atoms with van der Waals surface area (Å²) in [6.07, 6.45) is 1.84. The highest BCUT2D eigenvalue weighted by atomic mass is 19.1. The van der Waals surface area contributed by atoms with Gasteiger partial charge in [-0.1, -0.05) is 24.6 Å². The fourth-order valence-corrected chi connectivity index (χ4v) is 3.91. The molecule has 4 rings (SSSR count). The summed E-state index contributed by atoms with van der Waals surface area (Å²) in [5.41, 5.74) is 0.509. The zero-order valence-corrected chi connectivity index (χ0v) is 19.6. The Hall–Kier alpha value is -4.14. The SMILES string of the molecule is CCCCOc1ccc([C@H]2C(=C(O)c3ccc(F)cc3)C(=O)C(=O)N2c2cc(C)on2)cc1OC. The number of amides is 1. The van der Waals surface area contributed by atoms with Gasteiger partial charge in [0.2, 0.25) is 0 Å². The largest absolute Gasteiger partial charge is 0.507 e. The van der Waals surface area contributed by atoms with Crippen LogP contribution in [0.3, 0.4) is 0 Å². The summed E-state index contributed by atoms with van der Waals surface area (Å²) in [5.74, 6) is -1.24. The maximum absolute atomic E-state index is 13.5. The van der Waals surface area contributed by atoms with Gasteiger partial charge in [-0.15, -0.1) is 0 Å². The van der Waals surface area contributed by atoms with Crippen LogP contribution in [0.1, 0.15) is 42.7 Å². The van der Waals surface area contributed by atoms with Gasteiger partial charge in [-0.25, -0.2) is 4.39 Å². The van der Waals surface area contributed by atoms with Crippen molar-refractivity contribution in [3.8, 4) is 11.5 Å². The van der Waals surface area contributed by atoms with Crippen LogP contribution in [0.25, 0.3) is 5.76 Å². The van der Waals surface area contributed by atoms with E-state index in [0.717, 1.165) is 25.0 Å². The number of unbranched alkanes of at least 4 members (excludes halogenated alkanes) is 1. The van der Waals surface area contributed by atoms with Crippen molar-refractivity contribution in [1.82, 2.24) is 5.16 Å². The van der Waals surface area contributed by atoms with Crippen molar-refractivity contribution in [1.29, 1.82) is 0 Å². The number of rotatable bonds is 8. The molecule has 0 bridgehead atoms. The van der Waals surface area contributed by atoms with E-state index in [1.165, 1.54) is 30.2 Å². The second-order valence-electron chi connectivity index (χ2n) is 8.08. The molecule has 1 fully saturated rings. The number of halogens is 1. The number of carbonyl (C=O) groups is 2. The number of anilines is 1. The van der Waals surface area contributed by atoms with E-state index in [9.17, 15) is 19.1 Å². The Kier molecular flexibility index (Phi) is 6.86. The summed E-state index contributed by atoms with van der Waals surface area (Å²) in [6, 6.07) is 10.5. The predicted octanol–water partition coefficient (Wildman–Crippen LogP) is 4.94. The van der Waals surface area contributed by atoms with E-state index in [0.29, 0.717) is 29.4 Å². The van der Waals surface area contributed by atoms with Crippen molar-refractivity contribution in [2.75, 3.05) is 18.6 Å². The van der Waals surface area contributed by atoms with E-state index >= 15 is 0 Å². The maximum atomic E-state index is 13.5. The van der Waals surface area contributed by atoms with Crippen LogP contribution >= 0.6 is 0 Å². The third kappa shape index (κ3) is 4.62. The minimum Gasteiger partial charge on any atom is -0.507 e. The molecule has 182 valence electrons. The molecule has 1 saturated heterocycles. The van der Waals surface area contributed by atoms with E-state index in [-0.39, 0.29) is 17.0 Å². The van der Waals surface area contributed by atoms with Crippen LogP contribution in [-0.4, -0.2) is 35.7 Å². The van der Waals surface area contributed by atoms with E-state index in [1.54, 1.807) is 25.1 Å². The number of hydrogen-bond acceptors (Lipinski definition) is 7. The molecular weight excluding hydrogens is 455 g/mol. The Balaban J connectivity index is 1.87. The van der Waals surface area contributed by atoms with Gasteiger partial charge in [0.05, 0.1) is 25.3 Å². The molecule has 35 heavy (non-hydrogen) atoms. The molecule has 1 amide bonds. The van der Waals surface area contributed by atoms with E-state index in [2.05, 4.69) is 12.1 Å². The lowest BCUT2D eigenvalue weighted by molar-refractivity contribution is -0.132. The standard InChI is InChI=1S/C26H25FN2O6/c1-4-5-12-34-19-11-8-17(14-20(19)33-3)23-22(24(30)16-6-9-18(27)10-7-16)25(31)26(32)29(23)21-13-15(2)35-28-21/h6-11,13-14,23,30H,4-5,12H2,1-3H3/t23-/m0/s1. The van der Waals surface area contributed by atoms with Crippen LogP contribution in [0.4, 0.5) is 10.2 Å². The average Bonchev–Trinajstić information content (AvgIpc) is 3.39. The molecule has 1 atom stereocenters. The van der Waals surface area contributed by atoms with Gasteiger partial charge in [-0.3, -0.25) is 14.5 Å². The van der Waals surface area contributed by atoms with Crippen LogP contribution in [0.15, 0.2) is 58.6 Å². The number of methoxy groups -OCH3 is 1. The number of aliphatic hydroxyl groups is 1. The summed E-state index contributed by atoms with van der Waals surface area (Å²) in [6.45, 7) is 4.22. The number of Topliss-reactive ketones (excluding diaryl/α,β-unsaturated/α-hetero) is 1. The summed E-state index contributed by atoms with van der Waals surface area (Å²) in [7, 11) is 1.49. The van der Waals surface area contributed by atoms with Gasteiger partial charge in [0.1, 0.15) is 17.3 Å². The zero-order valence-electron chi connectivity index (χ0n) is 19.6. The van der Waals surface area contributed by atoms with Gasteiger partial charge in [-0.05, 0) is 55.3 Å². The van der Waals surface area contributed by atoms with Crippen LogP contribution < -0.4 is 14.4 Å². The molecule has 0 saturated carbocycles. The highest BCUT2D eigenvalue weighted by Gasteiger charge is 2.48. The van der Waals surface area contributed by atoms with Crippen molar-refractivity contribution < 1.29 is 33.1 Å². The van der Waals surface area contributed by atoms with Crippen molar-refractivity contribution >= 4 is 23.3 Å². The summed E-state index contributed by atoms with van der Waals surface area (Å²) >= 11 is 0. The molecule has 9 heteroatoms. The molecule has 1 aliphatic rings. The van der Waals surface area contributed by atoms with E-state index in [4.69, 9.17) is 14.0 Å². The van der Waals surface area contributed by atoms with Gasteiger partial charge in [0.25, 0.3) is 5.78 Å². The first-order valence-corrected chi connectivity index (χ1v) is 11.2. The lowest BCUT2D eigenvalue weighted by atomic mass is 9.95. The quantitative estimate of drug-likeness (QED) is 0.211. The first-order valence-electron chi connectivity index (χ1n) is 11.2. The third-order valence-corrected chi connectivity index (χ3v) is 5.68. The predicted molar refractivity (Wildman–Crippen MR) is 126 cm³/mol. The van der Waals surface area contributed by atoms with Crippen molar-refractivity contribution in [2.24, 2.45) is 0 Å². The number of ketones is 1. The molecule has 2 aromatic carbocycles. The molecule has 0 radical (unpaired) electrons. The Bertz CT molecular complexity index is 1280. The lowest BCUT2D eigenvalue weighted by Gasteiger charge is -2.23. The monoisotopic (exact) mass is 480 g/mol. The van der Waals surface area contributed by atoms with Gasteiger partial charge in [-0.2, -0.15) is 0 Å². The molecule has 1 N–H and O–H groups in total. The Morgan fingerprint density at radius 2 is 1.89 bits per heavy atom. The number of carbonyl (C=O) groups excluding carboxylic acids is 2. The molecule has 0 unspecified atom stereocenters. The number of ether oxygens (including phenoxy) is 2. The lowest BCUT2D eigenvalue weighted by Crippen LogP contribution is -2.29. The van der Waals surface area contributed by atoms with Crippen LogP contribution in [0, 0.1) is 12.7 Å². The van der Waals surface area contributed by atoms with E-state index < -0.39 is 29.3 Å². The summed E-state index contributed by atoms with van der Waals surface area (Å²) in [4.78, 5) is 27.5. The van der Waals surface area contributed by atoms with Gasteiger partial charge < -0.3 is 19.1 Å². The summed E-state index contributed by atoms with van der Waals surface area (Å²) in [5, 5.41) is 15.0. The fourth-order valence-electron chi connectivity index (χ4n) is 3.91. The molecule has 3 aromatic rings. The van der Waals surface area contributed by atoms with Gasteiger partial charge >= 0.3 is 5.91 Å². The molecule has 1 aliphatic heterocycles. The van der Waals surface area contributed by atoms with Crippen molar-refractivity contribution in [2.45, 2.75) is 32.7 Å². The van der Waals surface area contributed by atoms with Gasteiger partial charge in [0.15, 0.2) is 17.3 Å². The molecule has 8 nitrogen and oxygen atoms in total. The minimum absolute atomic E-state index is 0.120. The second-order valence-corrected chi connectivity index (χ2v) is 8.08. The van der Waals surface area contributed by atoms with Crippen LogP contribution in [0.2, 0.25) is 0 Å². The van der Waals surface area contributed by atoms with Crippen molar-refractivity contribution in [3.63, 3.8) is 0 Å². The zero-order chi connectivity index (χ0) is 25.1. The van der Waals surface area contributed by atoms with Crippen LogP contribution in [0.5, 0.6) is 11.5 Å². The fraction of sp³-hybridized carbons (Fsp3) is 0.269. The Morgan fingerprint density at radius 3 is 2.51 bits per heavy atom. The van der Waals surface area contributed by atoms with Crippen LogP contribution in [-0.2, 0) is 9.59 Å². The minimum atomic E-state index is -1.04. The number of benzene rings is 2. The maximum Gasteiger partial charge on any atom is 0.301 e. The molecular formula is C26H25FN2O6. The first kappa shape index (κ1) is 24.0. The third-order valence-electron chi connectivity index (χ3n) is 5.68. The normalized spacial score (nSPS) is 17.1. The number of aliphatic hydroxyl groups excluding tert-OH is 1. The smallest absolute Gasteiger partial charge is 0.301 e. The number of hydrogen-bond donors (Lipinski definition) is 1. The number of aryl methyl sites for hydroxylation is 1. The summed E-state index contributed by atoms with van der Waals surface area (Å²) < 4.78 is 29.9. The van der Waals surface area contributed by atoms with E-state index in [1.807, 2.05) is 0 Å². The molecule has 0 spiro atoms. The topological polar surface area (TPSA) is 102 Å². The average molecular weight is 480 g/mol. The highest BCUT2D eigenvalue weighted by molar-refractivity contribution is 6.51. The Labute approximate surface area is 201 Å². The van der Waals surface area contributed by atoms with Crippen molar-refractivity contribution in [3.05, 3.63) is 76.8 Å². The highest BCUT2D eigenvalue weighted by Crippen LogP contribution is 2.44. The number of nitrogens with zero attached hydrogens (tertiary/aromatic N) is 2. The molecule has 1 aromatic heterocycles. The first-order chi connectivity index (χ1) is 16.8. The molecule has 2 heterocycles. The Morgan fingerprint density at radius 1 is 1.14 bits per heavy atom. The van der Waals surface area contributed by atoms with Gasteiger partial charge in [0, 0.05) is 11.6 Å². The second kappa shape index (κ2) is 10.0. The number of aromatic nitrogens is 1. The molecule has 0 aliphatic carbocycles.